The smallest absolute Gasteiger partial charge is 0.339 e. The van der Waals surface area contributed by atoms with E-state index in [1.165, 1.54) is 37.1 Å². The molecule has 12 unspecified atom stereocenters. The number of carbonyl (C=O) groups excluding carboxylic acids is 2. The highest BCUT2D eigenvalue weighted by molar-refractivity contribution is 6.03. The Bertz CT molecular complexity index is 3220. The summed E-state index contributed by atoms with van der Waals surface area (Å²) in [6.07, 6.45) is 20.5. The summed E-state index contributed by atoms with van der Waals surface area (Å²) in [5, 5.41) is 42.4. The fourth-order valence-corrected chi connectivity index (χ4v) is 13.7. The van der Waals surface area contributed by atoms with Gasteiger partial charge in [0.25, 0.3) is 0 Å². The zero-order chi connectivity index (χ0) is 59.7. The zero-order valence-electron chi connectivity index (χ0n) is 49.0. The van der Waals surface area contributed by atoms with E-state index in [1.807, 2.05) is 73.1 Å². The summed E-state index contributed by atoms with van der Waals surface area (Å²) in [5.41, 5.74) is 4.39. The van der Waals surface area contributed by atoms with Crippen molar-refractivity contribution in [2.75, 3.05) is 26.2 Å². The third-order valence-electron chi connectivity index (χ3n) is 18.3. The van der Waals surface area contributed by atoms with Crippen LogP contribution in [0.3, 0.4) is 0 Å². The lowest BCUT2D eigenvalue weighted by Crippen LogP contribution is -2.54. The number of esters is 2. The van der Waals surface area contributed by atoms with Crippen LogP contribution in [0.2, 0.25) is 0 Å². The molecule has 6 aromatic rings. The van der Waals surface area contributed by atoms with Gasteiger partial charge in [-0.15, -0.1) is 13.2 Å². The van der Waals surface area contributed by atoms with Gasteiger partial charge in [-0.1, -0.05) is 107 Å². The summed E-state index contributed by atoms with van der Waals surface area (Å²) >= 11 is 0. The van der Waals surface area contributed by atoms with Gasteiger partial charge in [0.05, 0.1) is 45.5 Å². The number of aliphatic hydroxyl groups excluding tert-OH is 2. The minimum atomic E-state index is -1.13. The van der Waals surface area contributed by atoms with Crippen molar-refractivity contribution in [3.63, 3.8) is 0 Å². The molecule has 12 atom stereocenters. The third-order valence-corrected chi connectivity index (χ3v) is 18.3. The fourth-order valence-electron chi connectivity index (χ4n) is 13.7. The SMILES string of the molecule is C=CC1CN2CCC1CC2C(O)c1ccnc2ccccc12.C=CC1CN2CCC1CC2C(O)c1ccnc2ccccc12.CC1(C)CC=CC(OC(=O)c2ccccc2C(=O)O)C1.CC1(C)CCCC(OC(=O)c2ccccc2C(=O)O)C1. The molecular weight excluding hydrogens is 1060 g/mol. The van der Waals surface area contributed by atoms with Gasteiger partial charge in [0.2, 0.25) is 0 Å². The van der Waals surface area contributed by atoms with Crippen LogP contribution in [0.1, 0.15) is 157 Å². The number of benzene rings is 4. The van der Waals surface area contributed by atoms with Crippen LogP contribution in [0.4, 0.5) is 0 Å². The quantitative estimate of drug-likeness (QED) is 0.0666. The van der Waals surface area contributed by atoms with Gasteiger partial charge < -0.3 is 29.9 Å². The van der Waals surface area contributed by atoms with Gasteiger partial charge >= 0.3 is 23.9 Å². The van der Waals surface area contributed by atoms with E-state index in [9.17, 15) is 29.4 Å². The van der Waals surface area contributed by atoms with Crippen LogP contribution in [0.5, 0.6) is 0 Å². The van der Waals surface area contributed by atoms with E-state index in [2.05, 4.69) is 84.9 Å². The molecule has 1 saturated carbocycles. The standard InChI is InChI=1S/2C19H22N2O.C16H20O4.C16H18O4/c2*1-2-13-12-21-10-8-14(13)11-18(21)19(22)16-7-9-20-17-6-4-3-5-15(16)17;2*1-16(2)9-5-6-11(10-16)20-15(19)13-8-4-3-7-12(13)14(17)18/h2*2-7,9,13-14,18-19,22H,1,8,10-12H2;3-4,7-8,11H,5-6,9-10H2,1-2H3,(H,17,18);3-8,11H,9-10H2,1-2H3,(H,17,18). The Morgan fingerprint density at radius 2 is 1.05 bits per heavy atom. The number of para-hydroxylation sites is 2. The molecule has 0 radical (unpaired) electrons. The van der Waals surface area contributed by atoms with Crippen molar-refractivity contribution in [3.05, 3.63) is 192 Å². The molecule has 2 aliphatic carbocycles. The van der Waals surface area contributed by atoms with Crippen molar-refractivity contribution < 1.29 is 49.1 Å². The maximum absolute atomic E-state index is 12.2. The highest BCUT2D eigenvalue weighted by Gasteiger charge is 2.44. The van der Waals surface area contributed by atoms with Crippen molar-refractivity contribution >= 4 is 45.7 Å². The molecule has 14 heteroatoms. The number of carboxylic acids is 2. The first kappa shape index (κ1) is 61.2. The predicted molar refractivity (Wildman–Crippen MR) is 327 cm³/mol. The number of hydrogen-bond donors (Lipinski definition) is 4. The topological polar surface area (TPSA) is 200 Å². The van der Waals surface area contributed by atoms with Gasteiger partial charge in [-0.25, -0.2) is 19.2 Å². The number of pyridine rings is 2. The molecule has 6 aliphatic heterocycles. The highest BCUT2D eigenvalue weighted by Crippen LogP contribution is 2.44. The van der Waals surface area contributed by atoms with E-state index in [-0.39, 0.29) is 57.4 Å². The maximum atomic E-state index is 12.2. The van der Waals surface area contributed by atoms with Crippen LogP contribution in [0.25, 0.3) is 21.8 Å². The summed E-state index contributed by atoms with van der Waals surface area (Å²) in [5.74, 6) is -0.831. The van der Waals surface area contributed by atoms with Gasteiger partial charge in [-0.3, -0.25) is 19.8 Å². The zero-order valence-corrected chi connectivity index (χ0v) is 49.0. The number of carbonyl (C=O) groups is 4. The van der Waals surface area contributed by atoms with E-state index in [0.29, 0.717) is 23.7 Å². The largest absolute Gasteiger partial charge is 0.478 e. The van der Waals surface area contributed by atoms with E-state index in [0.717, 1.165) is 110 Å². The molecule has 84 heavy (non-hydrogen) atoms. The van der Waals surface area contributed by atoms with Crippen molar-refractivity contribution in [1.82, 2.24) is 19.8 Å². The monoisotopic (exact) mass is 1140 g/mol. The number of ether oxygens (including phenoxy) is 2. The van der Waals surface area contributed by atoms with E-state index < -0.39 is 36.1 Å². The van der Waals surface area contributed by atoms with Crippen molar-refractivity contribution in [2.24, 2.45) is 34.5 Å². The van der Waals surface area contributed by atoms with E-state index in [1.54, 1.807) is 24.3 Å². The normalized spacial score (nSPS) is 26.7. The predicted octanol–water partition coefficient (Wildman–Crippen LogP) is 13.1. The number of fused-ring (bicyclic) bond motifs is 8. The number of nitrogens with zero attached hydrogens (tertiary/aromatic N) is 4. The summed E-state index contributed by atoms with van der Waals surface area (Å²) < 4.78 is 10.9. The molecule has 0 spiro atoms. The molecule has 4 N–H and O–H groups in total. The molecule has 6 saturated heterocycles. The lowest BCUT2D eigenvalue weighted by molar-refractivity contribution is -0.0445. The Hall–Kier alpha value is -7.36. The number of aromatic carboxylic acids is 2. The Balaban J connectivity index is 0.000000135. The lowest BCUT2D eigenvalue weighted by Gasteiger charge is -2.50. The molecule has 442 valence electrons. The molecule has 8 aliphatic rings. The molecule has 7 fully saturated rings. The minimum absolute atomic E-state index is 0.00688. The van der Waals surface area contributed by atoms with Gasteiger partial charge in [0.15, 0.2) is 0 Å². The minimum Gasteiger partial charge on any atom is -0.478 e. The number of piperidine rings is 6. The average molecular weight is 1140 g/mol. The molecule has 8 heterocycles. The van der Waals surface area contributed by atoms with Crippen LogP contribution >= 0.6 is 0 Å². The second-order valence-corrected chi connectivity index (χ2v) is 25.2. The van der Waals surface area contributed by atoms with Gasteiger partial charge in [0, 0.05) is 48.3 Å². The van der Waals surface area contributed by atoms with Crippen LogP contribution in [0.15, 0.2) is 159 Å². The highest BCUT2D eigenvalue weighted by atomic mass is 16.5. The Kier molecular flexibility index (Phi) is 19.8. The molecule has 14 rings (SSSR count). The molecule has 4 bridgehead atoms. The first-order valence-corrected chi connectivity index (χ1v) is 29.8. The van der Waals surface area contributed by atoms with Crippen LogP contribution in [0, 0.1) is 34.5 Å². The van der Waals surface area contributed by atoms with Gasteiger partial charge in [0.1, 0.15) is 12.2 Å². The van der Waals surface area contributed by atoms with Crippen molar-refractivity contribution in [1.29, 1.82) is 0 Å². The second kappa shape index (κ2) is 27.1. The number of aromatic nitrogens is 2. The van der Waals surface area contributed by atoms with Crippen molar-refractivity contribution in [2.45, 2.75) is 128 Å². The average Bonchev–Trinajstić information content (AvgIpc) is 3.45. The third kappa shape index (κ3) is 14.6. The van der Waals surface area contributed by atoms with E-state index >= 15 is 0 Å². The number of aliphatic hydroxyl groups is 2. The number of carboxylic acid groups (broad SMARTS) is 2. The fraction of sp³-hybridized carbons (Fsp3) is 0.429. The Morgan fingerprint density at radius 1 is 0.595 bits per heavy atom. The molecule has 0 amide bonds. The summed E-state index contributed by atoms with van der Waals surface area (Å²) in [6, 6.07) is 32.8. The first-order chi connectivity index (χ1) is 40.3. The number of hydrogen-bond acceptors (Lipinski definition) is 12. The molecule has 4 aromatic carbocycles. The first-order valence-electron chi connectivity index (χ1n) is 29.8. The summed E-state index contributed by atoms with van der Waals surface area (Å²) in [6.45, 7) is 20.8. The second-order valence-electron chi connectivity index (χ2n) is 25.2. The van der Waals surface area contributed by atoms with Crippen LogP contribution in [-0.2, 0) is 9.47 Å². The van der Waals surface area contributed by atoms with E-state index in [4.69, 9.17) is 19.7 Å². The number of rotatable bonds is 12. The number of allylic oxidation sites excluding steroid dienone is 1. The van der Waals surface area contributed by atoms with Gasteiger partial charge in [-0.2, -0.15) is 0 Å². The molecule has 2 aromatic heterocycles. The van der Waals surface area contributed by atoms with Crippen LogP contribution in [-0.4, -0.2) is 115 Å². The molecular formula is C70H82N4O10. The summed E-state index contributed by atoms with van der Waals surface area (Å²) in [7, 11) is 0. The Labute approximate surface area is 493 Å². The lowest BCUT2D eigenvalue weighted by atomic mass is 9.73. The Morgan fingerprint density at radius 3 is 1.48 bits per heavy atom. The maximum Gasteiger partial charge on any atom is 0.339 e. The van der Waals surface area contributed by atoms with Crippen LogP contribution < -0.4 is 0 Å². The molecule has 14 nitrogen and oxygen atoms in total. The summed E-state index contributed by atoms with van der Waals surface area (Å²) in [4.78, 5) is 60.2. The van der Waals surface area contributed by atoms with Gasteiger partial charge in [-0.05, 0) is 178 Å². The van der Waals surface area contributed by atoms with Crippen molar-refractivity contribution in [3.8, 4) is 0 Å².